The third-order valence-corrected chi connectivity index (χ3v) is 3.32. The van der Waals surface area contributed by atoms with Crippen LogP contribution in [0.1, 0.15) is 5.82 Å². The van der Waals surface area contributed by atoms with Crippen molar-refractivity contribution in [2.24, 2.45) is 0 Å². The summed E-state index contributed by atoms with van der Waals surface area (Å²) in [7, 11) is 0. The number of pyridine rings is 1. The Morgan fingerprint density at radius 3 is 2.81 bits per heavy atom. The monoisotopic (exact) mass is 283 g/mol. The van der Waals surface area contributed by atoms with Crippen LogP contribution in [0, 0.1) is 0 Å². The third-order valence-electron chi connectivity index (χ3n) is 3.32. The molecule has 0 radical (unpaired) electrons. The fraction of sp³-hybridized carbons (Fsp3) is 0.214. The van der Waals surface area contributed by atoms with E-state index in [4.69, 9.17) is 9.47 Å². The molecule has 106 valence electrons. The van der Waals surface area contributed by atoms with Gasteiger partial charge in [0.1, 0.15) is 31.2 Å². The molecule has 0 aliphatic carbocycles. The molecule has 0 unspecified atom stereocenters. The molecule has 1 aromatic carbocycles. The van der Waals surface area contributed by atoms with Crippen molar-refractivity contribution in [1.82, 2.24) is 20.2 Å². The number of ether oxygens (including phenoxy) is 2. The number of aromatic amines is 1. The Labute approximate surface area is 120 Å². The van der Waals surface area contributed by atoms with Crippen LogP contribution >= 0.6 is 0 Å². The SMILES string of the molecule is c1n[nH]c(CNc2nccc3cc4c(cc23)OCCO4)n1. The van der Waals surface area contributed by atoms with Gasteiger partial charge >= 0.3 is 0 Å². The first-order valence-corrected chi connectivity index (χ1v) is 6.66. The van der Waals surface area contributed by atoms with Gasteiger partial charge in [0.25, 0.3) is 0 Å². The van der Waals surface area contributed by atoms with Gasteiger partial charge in [0.15, 0.2) is 11.5 Å². The highest BCUT2D eigenvalue weighted by atomic mass is 16.6. The number of rotatable bonds is 3. The van der Waals surface area contributed by atoms with Gasteiger partial charge in [-0.2, -0.15) is 5.10 Å². The van der Waals surface area contributed by atoms with E-state index in [9.17, 15) is 0 Å². The van der Waals surface area contributed by atoms with Crippen LogP contribution in [-0.2, 0) is 6.54 Å². The summed E-state index contributed by atoms with van der Waals surface area (Å²) in [6, 6.07) is 5.89. The van der Waals surface area contributed by atoms with Crippen molar-refractivity contribution in [3.05, 3.63) is 36.5 Å². The summed E-state index contributed by atoms with van der Waals surface area (Å²) in [4.78, 5) is 8.47. The van der Waals surface area contributed by atoms with Gasteiger partial charge in [-0.3, -0.25) is 5.10 Å². The lowest BCUT2D eigenvalue weighted by molar-refractivity contribution is 0.172. The van der Waals surface area contributed by atoms with Gasteiger partial charge < -0.3 is 14.8 Å². The minimum absolute atomic E-state index is 0.528. The van der Waals surface area contributed by atoms with Gasteiger partial charge in [0.05, 0.1) is 6.54 Å². The highest BCUT2D eigenvalue weighted by Crippen LogP contribution is 2.36. The van der Waals surface area contributed by atoms with Crippen LogP contribution in [0.15, 0.2) is 30.7 Å². The van der Waals surface area contributed by atoms with Crippen LogP contribution in [0.2, 0.25) is 0 Å². The number of benzene rings is 1. The second-order valence-electron chi connectivity index (χ2n) is 4.66. The maximum Gasteiger partial charge on any atom is 0.162 e. The van der Waals surface area contributed by atoms with Crippen molar-refractivity contribution < 1.29 is 9.47 Å². The van der Waals surface area contributed by atoms with Crippen LogP contribution in [0.3, 0.4) is 0 Å². The Balaban J connectivity index is 1.71. The zero-order valence-electron chi connectivity index (χ0n) is 11.2. The van der Waals surface area contributed by atoms with Gasteiger partial charge in [-0.05, 0) is 23.6 Å². The Morgan fingerprint density at radius 1 is 1.14 bits per heavy atom. The predicted octanol–water partition coefficient (Wildman–Crippen LogP) is 1.74. The molecule has 1 aliphatic heterocycles. The van der Waals surface area contributed by atoms with Crippen LogP contribution in [0.25, 0.3) is 10.8 Å². The minimum Gasteiger partial charge on any atom is -0.486 e. The molecule has 7 nitrogen and oxygen atoms in total. The molecule has 3 heterocycles. The number of anilines is 1. The highest BCUT2D eigenvalue weighted by molar-refractivity contribution is 5.94. The summed E-state index contributed by atoms with van der Waals surface area (Å²) in [6.45, 7) is 1.68. The Bertz CT molecular complexity index is 772. The highest BCUT2D eigenvalue weighted by Gasteiger charge is 2.14. The third kappa shape index (κ3) is 2.22. The fourth-order valence-corrected chi connectivity index (χ4v) is 2.33. The van der Waals surface area contributed by atoms with Gasteiger partial charge in [0, 0.05) is 11.6 Å². The van der Waals surface area contributed by atoms with E-state index in [1.807, 2.05) is 18.2 Å². The first kappa shape index (κ1) is 12.0. The number of H-pyrrole nitrogens is 1. The van der Waals surface area contributed by atoms with E-state index >= 15 is 0 Å². The van der Waals surface area contributed by atoms with E-state index in [1.54, 1.807) is 6.20 Å². The van der Waals surface area contributed by atoms with Crippen LogP contribution < -0.4 is 14.8 Å². The molecule has 0 saturated carbocycles. The number of fused-ring (bicyclic) bond motifs is 2. The van der Waals surface area contributed by atoms with Crippen LogP contribution in [0.5, 0.6) is 11.5 Å². The molecule has 0 fully saturated rings. The molecular formula is C14H13N5O2. The average Bonchev–Trinajstić information content (AvgIpc) is 3.04. The summed E-state index contributed by atoms with van der Waals surface area (Å²) in [5, 5.41) is 11.9. The predicted molar refractivity (Wildman–Crippen MR) is 76.4 cm³/mol. The van der Waals surface area contributed by atoms with Crippen molar-refractivity contribution in [2.45, 2.75) is 6.54 Å². The van der Waals surface area contributed by atoms with Crippen molar-refractivity contribution >= 4 is 16.6 Å². The van der Waals surface area contributed by atoms with E-state index < -0.39 is 0 Å². The molecule has 0 saturated heterocycles. The first-order chi connectivity index (χ1) is 10.4. The number of nitrogens with one attached hydrogen (secondary N) is 2. The Kier molecular flexibility index (Phi) is 2.81. The van der Waals surface area contributed by atoms with Crippen LogP contribution in [0.4, 0.5) is 5.82 Å². The Morgan fingerprint density at radius 2 is 2.00 bits per heavy atom. The summed E-state index contributed by atoms with van der Waals surface area (Å²) < 4.78 is 11.2. The average molecular weight is 283 g/mol. The van der Waals surface area contributed by atoms with Gasteiger partial charge in [-0.25, -0.2) is 9.97 Å². The molecule has 0 bridgehead atoms. The normalized spacial score (nSPS) is 13.3. The molecule has 0 atom stereocenters. The van der Waals surface area contributed by atoms with Crippen molar-refractivity contribution in [3.8, 4) is 11.5 Å². The molecule has 0 amide bonds. The fourth-order valence-electron chi connectivity index (χ4n) is 2.33. The minimum atomic E-state index is 0.528. The lowest BCUT2D eigenvalue weighted by atomic mass is 10.1. The van der Waals surface area contributed by atoms with E-state index in [0.717, 1.165) is 33.9 Å². The molecular weight excluding hydrogens is 270 g/mol. The molecule has 3 aromatic rings. The molecule has 0 spiro atoms. The number of aromatic nitrogens is 4. The molecule has 2 N–H and O–H groups in total. The van der Waals surface area contributed by atoms with Crippen molar-refractivity contribution in [2.75, 3.05) is 18.5 Å². The molecule has 7 heteroatoms. The van der Waals surface area contributed by atoms with E-state index in [-0.39, 0.29) is 0 Å². The summed E-state index contributed by atoms with van der Waals surface area (Å²) >= 11 is 0. The molecule has 1 aliphatic rings. The molecule has 2 aromatic heterocycles. The van der Waals surface area contributed by atoms with E-state index in [2.05, 4.69) is 25.5 Å². The topological polar surface area (TPSA) is 85.0 Å². The Hall–Kier alpha value is -2.83. The van der Waals surface area contributed by atoms with Crippen molar-refractivity contribution in [3.63, 3.8) is 0 Å². The van der Waals surface area contributed by atoms with Gasteiger partial charge in [-0.15, -0.1) is 0 Å². The van der Waals surface area contributed by atoms with E-state index in [1.165, 1.54) is 6.33 Å². The first-order valence-electron chi connectivity index (χ1n) is 6.66. The zero-order chi connectivity index (χ0) is 14.1. The zero-order valence-corrected chi connectivity index (χ0v) is 11.2. The molecule has 4 rings (SSSR count). The van der Waals surface area contributed by atoms with Crippen LogP contribution in [-0.4, -0.2) is 33.4 Å². The summed E-state index contributed by atoms with van der Waals surface area (Å²) in [6.07, 6.45) is 3.25. The van der Waals surface area contributed by atoms with Gasteiger partial charge in [-0.1, -0.05) is 0 Å². The number of hydrogen-bond acceptors (Lipinski definition) is 6. The molecule has 21 heavy (non-hydrogen) atoms. The summed E-state index contributed by atoms with van der Waals surface area (Å²) in [5.74, 6) is 3.07. The second-order valence-corrected chi connectivity index (χ2v) is 4.66. The lowest BCUT2D eigenvalue weighted by Crippen LogP contribution is -2.15. The van der Waals surface area contributed by atoms with Gasteiger partial charge in [0.2, 0.25) is 0 Å². The number of hydrogen-bond donors (Lipinski definition) is 2. The standard InChI is InChI=1S/C14H13N5O2/c1-2-15-14(16-7-13-17-8-18-19-13)10-6-12-11(5-9(1)10)20-3-4-21-12/h1-2,5-6,8H,3-4,7H2,(H,15,16)(H,17,18,19). The number of nitrogens with zero attached hydrogens (tertiary/aromatic N) is 3. The lowest BCUT2D eigenvalue weighted by Gasteiger charge is -2.19. The smallest absolute Gasteiger partial charge is 0.162 e. The quantitative estimate of drug-likeness (QED) is 0.761. The summed E-state index contributed by atoms with van der Waals surface area (Å²) in [5.41, 5.74) is 0. The maximum atomic E-state index is 5.63. The largest absolute Gasteiger partial charge is 0.486 e. The van der Waals surface area contributed by atoms with Crippen molar-refractivity contribution in [1.29, 1.82) is 0 Å². The second kappa shape index (κ2) is 4.93. The maximum absolute atomic E-state index is 5.63. The van der Waals surface area contributed by atoms with E-state index in [0.29, 0.717) is 19.8 Å².